The Kier molecular flexibility index (Phi) is 2.46. The van der Waals surface area contributed by atoms with Crippen molar-refractivity contribution >= 4 is 22.0 Å². The Labute approximate surface area is 90.4 Å². The van der Waals surface area contributed by atoms with Crippen LogP contribution >= 0.6 is 15.9 Å². The number of benzene rings is 1. The minimum atomic E-state index is -0.706. The number of amides is 1. The summed E-state index contributed by atoms with van der Waals surface area (Å²) in [4.78, 5) is 10.6. The quantitative estimate of drug-likeness (QED) is 0.839. The Bertz CT molecular complexity index is 378. The summed E-state index contributed by atoms with van der Waals surface area (Å²) in [6.07, 6.45) is 0.873. The first kappa shape index (κ1) is 9.52. The molecule has 0 saturated carbocycles. The van der Waals surface area contributed by atoms with Crippen LogP contribution in [0.3, 0.4) is 0 Å². The SMILES string of the molecule is NC(=O)O[C@@H]1CCc2c(Br)cccc21. The molecule has 1 aliphatic rings. The highest BCUT2D eigenvalue weighted by Crippen LogP contribution is 2.37. The largest absolute Gasteiger partial charge is 0.441 e. The molecule has 0 unspecified atom stereocenters. The maximum atomic E-state index is 10.6. The fourth-order valence-corrected chi connectivity index (χ4v) is 2.41. The third-order valence-corrected chi connectivity index (χ3v) is 3.16. The van der Waals surface area contributed by atoms with Crippen LogP contribution in [0, 0.1) is 0 Å². The fourth-order valence-electron chi connectivity index (χ4n) is 1.83. The van der Waals surface area contributed by atoms with Crippen LogP contribution in [0.4, 0.5) is 4.79 Å². The second-order valence-electron chi connectivity index (χ2n) is 3.27. The van der Waals surface area contributed by atoms with Crippen LogP contribution in [0.5, 0.6) is 0 Å². The molecule has 1 aromatic rings. The predicted octanol–water partition coefficient (Wildman–Crippen LogP) is 2.53. The molecule has 2 N–H and O–H groups in total. The highest BCUT2D eigenvalue weighted by atomic mass is 79.9. The maximum absolute atomic E-state index is 10.6. The van der Waals surface area contributed by atoms with E-state index in [9.17, 15) is 4.79 Å². The lowest BCUT2D eigenvalue weighted by molar-refractivity contribution is 0.107. The smallest absolute Gasteiger partial charge is 0.405 e. The zero-order chi connectivity index (χ0) is 10.1. The van der Waals surface area contributed by atoms with Crippen molar-refractivity contribution in [2.45, 2.75) is 18.9 Å². The Morgan fingerprint density at radius 2 is 2.36 bits per heavy atom. The summed E-state index contributed by atoms with van der Waals surface area (Å²) >= 11 is 3.47. The van der Waals surface area contributed by atoms with Gasteiger partial charge in [0.2, 0.25) is 0 Å². The monoisotopic (exact) mass is 255 g/mol. The van der Waals surface area contributed by atoms with Crippen molar-refractivity contribution in [1.29, 1.82) is 0 Å². The fraction of sp³-hybridized carbons (Fsp3) is 0.300. The molecule has 0 spiro atoms. The van der Waals surface area contributed by atoms with Gasteiger partial charge in [-0.3, -0.25) is 0 Å². The number of primary amides is 1. The standard InChI is InChI=1S/C10H10BrNO2/c11-8-3-1-2-7-6(8)4-5-9(7)14-10(12)13/h1-3,9H,4-5H2,(H2,12,13)/t9-/m1/s1. The minimum Gasteiger partial charge on any atom is -0.441 e. The average molecular weight is 256 g/mol. The average Bonchev–Trinajstić information content (AvgIpc) is 2.49. The normalized spacial score (nSPS) is 19.1. The summed E-state index contributed by atoms with van der Waals surface area (Å²) in [5, 5.41) is 0. The summed E-state index contributed by atoms with van der Waals surface area (Å²) in [7, 11) is 0. The second kappa shape index (κ2) is 3.61. The van der Waals surface area contributed by atoms with Gasteiger partial charge in [-0.05, 0) is 30.0 Å². The van der Waals surface area contributed by atoms with Crippen molar-refractivity contribution in [2.75, 3.05) is 0 Å². The molecule has 0 heterocycles. The first-order chi connectivity index (χ1) is 6.68. The van der Waals surface area contributed by atoms with Crippen molar-refractivity contribution in [3.63, 3.8) is 0 Å². The highest BCUT2D eigenvalue weighted by Gasteiger charge is 2.26. The number of hydrogen-bond acceptors (Lipinski definition) is 2. The number of halogens is 1. The van der Waals surface area contributed by atoms with E-state index in [1.165, 1.54) is 5.56 Å². The molecule has 1 amide bonds. The zero-order valence-electron chi connectivity index (χ0n) is 7.50. The first-order valence-corrected chi connectivity index (χ1v) is 5.21. The van der Waals surface area contributed by atoms with Crippen LogP contribution in [0.25, 0.3) is 0 Å². The molecule has 1 atom stereocenters. The molecule has 0 radical (unpaired) electrons. The lowest BCUT2D eigenvalue weighted by atomic mass is 10.1. The molecular weight excluding hydrogens is 246 g/mol. The predicted molar refractivity (Wildman–Crippen MR) is 55.9 cm³/mol. The molecule has 2 rings (SSSR count). The van der Waals surface area contributed by atoms with E-state index in [0.29, 0.717) is 0 Å². The van der Waals surface area contributed by atoms with Gasteiger partial charge in [0.15, 0.2) is 0 Å². The van der Waals surface area contributed by atoms with E-state index in [4.69, 9.17) is 10.5 Å². The van der Waals surface area contributed by atoms with Gasteiger partial charge in [-0.2, -0.15) is 0 Å². The number of rotatable bonds is 1. The number of hydrogen-bond donors (Lipinski definition) is 1. The Morgan fingerprint density at radius 1 is 1.57 bits per heavy atom. The van der Waals surface area contributed by atoms with E-state index < -0.39 is 6.09 Å². The molecule has 1 aromatic carbocycles. The van der Waals surface area contributed by atoms with Crippen molar-refractivity contribution in [1.82, 2.24) is 0 Å². The molecule has 74 valence electrons. The third kappa shape index (κ3) is 1.62. The number of nitrogens with two attached hydrogens (primary N) is 1. The Hall–Kier alpha value is -1.03. The molecule has 3 nitrogen and oxygen atoms in total. The third-order valence-electron chi connectivity index (χ3n) is 2.42. The van der Waals surface area contributed by atoms with E-state index in [1.54, 1.807) is 0 Å². The molecule has 0 aromatic heterocycles. The summed E-state index contributed by atoms with van der Waals surface area (Å²) in [5.41, 5.74) is 7.28. The van der Waals surface area contributed by atoms with Crippen LogP contribution in [0.15, 0.2) is 22.7 Å². The van der Waals surface area contributed by atoms with Gasteiger partial charge < -0.3 is 10.5 Å². The van der Waals surface area contributed by atoms with Crippen LogP contribution < -0.4 is 5.73 Å². The number of carbonyl (C=O) groups is 1. The van der Waals surface area contributed by atoms with Crippen LogP contribution in [-0.2, 0) is 11.2 Å². The molecule has 0 fully saturated rings. The lowest BCUT2D eigenvalue weighted by Gasteiger charge is -2.11. The lowest BCUT2D eigenvalue weighted by Crippen LogP contribution is -2.15. The van der Waals surface area contributed by atoms with Crippen LogP contribution in [0.1, 0.15) is 23.7 Å². The van der Waals surface area contributed by atoms with Gasteiger partial charge in [-0.15, -0.1) is 0 Å². The van der Waals surface area contributed by atoms with Gasteiger partial charge in [0.25, 0.3) is 0 Å². The summed E-state index contributed by atoms with van der Waals surface area (Å²) in [5.74, 6) is 0. The maximum Gasteiger partial charge on any atom is 0.405 e. The number of fused-ring (bicyclic) bond motifs is 1. The second-order valence-corrected chi connectivity index (χ2v) is 4.13. The Morgan fingerprint density at radius 3 is 3.07 bits per heavy atom. The van der Waals surface area contributed by atoms with E-state index in [2.05, 4.69) is 15.9 Å². The topological polar surface area (TPSA) is 52.3 Å². The van der Waals surface area contributed by atoms with Gasteiger partial charge in [0.05, 0.1) is 0 Å². The van der Waals surface area contributed by atoms with Crippen molar-refractivity contribution in [3.8, 4) is 0 Å². The van der Waals surface area contributed by atoms with Crippen molar-refractivity contribution in [2.24, 2.45) is 5.73 Å². The summed E-state index contributed by atoms with van der Waals surface area (Å²) in [6.45, 7) is 0. The minimum absolute atomic E-state index is 0.167. The zero-order valence-corrected chi connectivity index (χ0v) is 9.08. The molecule has 0 aliphatic heterocycles. The van der Waals surface area contributed by atoms with Gasteiger partial charge in [-0.25, -0.2) is 4.79 Å². The molecule has 1 aliphatic carbocycles. The van der Waals surface area contributed by atoms with E-state index in [-0.39, 0.29) is 6.10 Å². The van der Waals surface area contributed by atoms with Gasteiger partial charge in [0.1, 0.15) is 6.10 Å². The molecule has 4 heteroatoms. The molecule has 14 heavy (non-hydrogen) atoms. The summed E-state index contributed by atoms with van der Waals surface area (Å²) in [6, 6.07) is 5.90. The number of ether oxygens (including phenoxy) is 1. The molecular formula is C10H10BrNO2. The van der Waals surface area contributed by atoms with E-state index in [1.807, 2.05) is 18.2 Å². The number of carbonyl (C=O) groups excluding carboxylic acids is 1. The van der Waals surface area contributed by atoms with Crippen molar-refractivity contribution in [3.05, 3.63) is 33.8 Å². The van der Waals surface area contributed by atoms with Gasteiger partial charge in [0, 0.05) is 4.47 Å². The van der Waals surface area contributed by atoms with E-state index in [0.717, 1.165) is 22.9 Å². The van der Waals surface area contributed by atoms with Gasteiger partial charge in [-0.1, -0.05) is 28.1 Å². The van der Waals surface area contributed by atoms with Crippen molar-refractivity contribution < 1.29 is 9.53 Å². The van der Waals surface area contributed by atoms with E-state index >= 15 is 0 Å². The molecule has 0 bridgehead atoms. The van der Waals surface area contributed by atoms with Crippen LogP contribution in [-0.4, -0.2) is 6.09 Å². The molecule has 0 saturated heterocycles. The van der Waals surface area contributed by atoms with Crippen LogP contribution in [0.2, 0.25) is 0 Å². The Balaban J connectivity index is 2.30. The highest BCUT2D eigenvalue weighted by molar-refractivity contribution is 9.10. The first-order valence-electron chi connectivity index (χ1n) is 4.42. The summed E-state index contributed by atoms with van der Waals surface area (Å²) < 4.78 is 6.09. The van der Waals surface area contributed by atoms with Gasteiger partial charge >= 0.3 is 6.09 Å².